The summed E-state index contributed by atoms with van der Waals surface area (Å²) in [5, 5.41) is 18.9. The highest BCUT2D eigenvalue weighted by atomic mass is 127. The van der Waals surface area contributed by atoms with E-state index in [1.165, 1.54) is 0 Å². The zero-order chi connectivity index (χ0) is 20.4. The smallest absolute Gasteiger partial charge is 0.224 e. The minimum atomic E-state index is -0.0347. The van der Waals surface area contributed by atoms with Crippen LogP contribution in [0, 0.1) is 11.3 Å². The van der Waals surface area contributed by atoms with Crippen LogP contribution in [0.4, 0.5) is 5.69 Å². The maximum absolute atomic E-state index is 12.0. The van der Waals surface area contributed by atoms with Crippen LogP contribution in [0.25, 0.3) is 0 Å². The maximum atomic E-state index is 12.0. The van der Waals surface area contributed by atoms with Crippen LogP contribution in [0.3, 0.4) is 0 Å². The Kier molecular flexibility index (Phi) is 11.5. The molecule has 0 aliphatic carbocycles. The molecule has 0 radical (unpaired) electrons. The standard InChI is InChI=1S/C21H34N4O3.HI/c1-16(2)11-19(27)25-18-6-4-5-17(12-18)13-23-20(22-3)24-14-21(7-9-26)8-10-28-15-21;/h4-6,12,16,26H,7-11,13-15H2,1-3H3,(H,25,27)(H2,22,23,24);1H. The topological polar surface area (TPSA) is 95.0 Å². The first-order chi connectivity index (χ1) is 13.5. The van der Waals surface area contributed by atoms with Crippen LogP contribution in [0.5, 0.6) is 0 Å². The second kappa shape index (κ2) is 13.0. The summed E-state index contributed by atoms with van der Waals surface area (Å²) >= 11 is 0. The van der Waals surface area contributed by atoms with E-state index in [4.69, 9.17) is 4.74 Å². The molecule has 2 rings (SSSR count). The number of anilines is 1. The van der Waals surface area contributed by atoms with E-state index in [-0.39, 0.29) is 41.9 Å². The van der Waals surface area contributed by atoms with Crippen LogP contribution in [-0.2, 0) is 16.1 Å². The molecule has 0 spiro atoms. The first-order valence-electron chi connectivity index (χ1n) is 9.98. The SMILES string of the molecule is CN=C(NCc1cccc(NC(=O)CC(C)C)c1)NCC1(CCO)CCOC1.I. The molecule has 1 aromatic rings. The number of nitrogens with zero attached hydrogens (tertiary/aromatic N) is 1. The van der Waals surface area contributed by atoms with Crippen molar-refractivity contribution in [3.8, 4) is 0 Å². The molecule has 1 aliphatic heterocycles. The van der Waals surface area contributed by atoms with Gasteiger partial charge in [0.1, 0.15) is 0 Å². The molecule has 0 saturated carbocycles. The summed E-state index contributed by atoms with van der Waals surface area (Å²) in [5.41, 5.74) is 1.82. The predicted molar refractivity (Wildman–Crippen MR) is 128 cm³/mol. The van der Waals surface area contributed by atoms with Crippen molar-refractivity contribution in [1.82, 2.24) is 10.6 Å². The Labute approximate surface area is 191 Å². The van der Waals surface area contributed by atoms with Crippen molar-refractivity contribution in [3.05, 3.63) is 29.8 Å². The van der Waals surface area contributed by atoms with Crippen LogP contribution in [0.1, 0.15) is 38.7 Å². The third-order valence-corrected chi connectivity index (χ3v) is 4.95. The van der Waals surface area contributed by atoms with E-state index in [0.29, 0.717) is 38.0 Å². The maximum Gasteiger partial charge on any atom is 0.224 e. The summed E-state index contributed by atoms with van der Waals surface area (Å²) in [4.78, 5) is 16.2. The Bertz CT molecular complexity index is 661. The van der Waals surface area contributed by atoms with Crippen LogP contribution < -0.4 is 16.0 Å². The second-order valence-electron chi connectivity index (χ2n) is 7.90. The number of aliphatic hydroxyl groups is 1. The monoisotopic (exact) mass is 518 g/mol. The van der Waals surface area contributed by atoms with E-state index >= 15 is 0 Å². The lowest BCUT2D eigenvalue weighted by Gasteiger charge is -2.27. The summed E-state index contributed by atoms with van der Waals surface area (Å²) in [5.74, 6) is 1.07. The molecular formula is C21H35IN4O3. The van der Waals surface area contributed by atoms with Gasteiger partial charge in [0, 0.05) is 50.9 Å². The molecule has 1 heterocycles. The van der Waals surface area contributed by atoms with Gasteiger partial charge in [-0.25, -0.2) is 0 Å². The summed E-state index contributed by atoms with van der Waals surface area (Å²) < 4.78 is 5.53. The van der Waals surface area contributed by atoms with E-state index in [1.54, 1.807) is 7.05 Å². The number of halogens is 1. The van der Waals surface area contributed by atoms with Gasteiger partial charge in [-0.3, -0.25) is 9.79 Å². The number of amides is 1. The van der Waals surface area contributed by atoms with Crippen molar-refractivity contribution < 1.29 is 14.6 Å². The van der Waals surface area contributed by atoms with Crippen molar-refractivity contribution >= 4 is 41.5 Å². The Morgan fingerprint density at radius 1 is 1.34 bits per heavy atom. The van der Waals surface area contributed by atoms with Gasteiger partial charge in [0.05, 0.1) is 6.61 Å². The number of hydrogen-bond acceptors (Lipinski definition) is 4. The van der Waals surface area contributed by atoms with Crippen molar-refractivity contribution in [3.63, 3.8) is 0 Å². The van der Waals surface area contributed by atoms with Crippen LogP contribution in [0.15, 0.2) is 29.3 Å². The fourth-order valence-corrected chi connectivity index (χ4v) is 3.33. The number of guanidine groups is 1. The summed E-state index contributed by atoms with van der Waals surface area (Å²) in [6, 6.07) is 7.81. The van der Waals surface area contributed by atoms with Gasteiger partial charge in [0.25, 0.3) is 0 Å². The first kappa shape index (κ1) is 25.6. The Morgan fingerprint density at radius 3 is 2.76 bits per heavy atom. The minimum absolute atomic E-state index is 0. The fourth-order valence-electron chi connectivity index (χ4n) is 3.33. The van der Waals surface area contributed by atoms with Gasteiger partial charge in [0.2, 0.25) is 5.91 Å². The average molecular weight is 518 g/mol. The van der Waals surface area contributed by atoms with Crippen LogP contribution in [0.2, 0.25) is 0 Å². The molecule has 1 unspecified atom stereocenters. The Hall–Kier alpha value is -1.39. The van der Waals surface area contributed by atoms with Gasteiger partial charge in [-0.15, -0.1) is 24.0 Å². The van der Waals surface area contributed by atoms with Gasteiger partial charge in [-0.2, -0.15) is 0 Å². The summed E-state index contributed by atoms with van der Waals surface area (Å²) in [6.45, 7) is 6.92. The number of hydrogen-bond donors (Lipinski definition) is 4. The highest BCUT2D eigenvalue weighted by Gasteiger charge is 2.34. The van der Waals surface area contributed by atoms with Gasteiger partial charge in [0.15, 0.2) is 5.96 Å². The highest BCUT2D eigenvalue weighted by molar-refractivity contribution is 14.0. The first-order valence-corrected chi connectivity index (χ1v) is 9.98. The molecule has 0 aromatic heterocycles. The molecule has 7 nitrogen and oxygen atoms in total. The fraction of sp³-hybridized carbons (Fsp3) is 0.619. The molecule has 1 amide bonds. The van der Waals surface area contributed by atoms with Crippen molar-refractivity contribution in [2.45, 2.75) is 39.7 Å². The summed E-state index contributed by atoms with van der Waals surface area (Å²) in [7, 11) is 1.74. The number of aliphatic imine (C=N–C) groups is 1. The second-order valence-corrected chi connectivity index (χ2v) is 7.90. The molecule has 1 saturated heterocycles. The average Bonchev–Trinajstić information content (AvgIpc) is 3.10. The highest BCUT2D eigenvalue weighted by Crippen LogP contribution is 2.31. The van der Waals surface area contributed by atoms with Gasteiger partial charge in [-0.05, 0) is 36.5 Å². The zero-order valence-electron chi connectivity index (χ0n) is 17.7. The number of nitrogens with one attached hydrogen (secondary N) is 3. The van der Waals surface area contributed by atoms with Crippen LogP contribution in [-0.4, -0.2) is 50.4 Å². The van der Waals surface area contributed by atoms with E-state index in [1.807, 2.05) is 38.1 Å². The molecule has 1 atom stereocenters. The lowest BCUT2D eigenvalue weighted by atomic mass is 9.84. The van der Waals surface area contributed by atoms with E-state index < -0.39 is 0 Å². The normalized spacial score (nSPS) is 19.0. The largest absolute Gasteiger partial charge is 0.396 e. The predicted octanol–water partition coefficient (Wildman–Crippen LogP) is 2.74. The Balaban J connectivity index is 0.00000420. The molecule has 29 heavy (non-hydrogen) atoms. The minimum Gasteiger partial charge on any atom is -0.396 e. The third kappa shape index (κ3) is 8.88. The molecule has 0 bridgehead atoms. The molecule has 1 fully saturated rings. The molecule has 1 aromatic carbocycles. The lowest BCUT2D eigenvalue weighted by molar-refractivity contribution is -0.116. The molecule has 1 aliphatic rings. The molecular weight excluding hydrogens is 483 g/mol. The molecule has 164 valence electrons. The van der Waals surface area contributed by atoms with Crippen molar-refractivity contribution in [2.75, 3.05) is 38.7 Å². The van der Waals surface area contributed by atoms with Crippen molar-refractivity contribution in [1.29, 1.82) is 0 Å². The van der Waals surface area contributed by atoms with E-state index in [9.17, 15) is 9.90 Å². The number of benzene rings is 1. The number of ether oxygens (including phenoxy) is 1. The van der Waals surface area contributed by atoms with E-state index in [0.717, 1.165) is 30.7 Å². The van der Waals surface area contributed by atoms with Crippen molar-refractivity contribution in [2.24, 2.45) is 16.3 Å². The van der Waals surface area contributed by atoms with Gasteiger partial charge < -0.3 is 25.8 Å². The summed E-state index contributed by atoms with van der Waals surface area (Å²) in [6.07, 6.45) is 2.17. The van der Waals surface area contributed by atoms with E-state index in [2.05, 4.69) is 20.9 Å². The molecule has 8 heteroatoms. The zero-order valence-corrected chi connectivity index (χ0v) is 20.0. The number of carbonyl (C=O) groups excluding carboxylic acids is 1. The number of aliphatic hydroxyl groups excluding tert-OH is 1. The Morgan fingerprint density at radius 2 is 2.14 bits per heavy atom. The van der Waals surface area contributed by atoms with Gasteiger partial charge >= 0.3 is 0 Å². The number of carbonyl (C=O) groups is 1. The lowest BCUT2D eigenvalue weighted by Crippen LogP contribution is -2.44. The third-order valence-electron chi connectivity index (χ3n) is 4.95. The van der Waals surface area contributed by atoms with Gasteiger partial charge in [-0.1, -0.05) is 26.0 Å². The quantitative estimate of drug-likeness (QED) is 0.229. The number of rotatable bonds is 9. The molecule has 4 N–H and O–H groups in total. The van der Waals surface area contributed by atoms with Crippen LogP contribution >= 0.6 is 24.0 Å².